The fourth-order valence-corrected chi connectivity index (χ4v) is 6.48. The number of benzene rings is 3. The van der Waals surface area contributed by atoms with Crippen LogP contribution in [0.15, 0.2) is 66.7 Å². The van der Waals surface area contributed by atoms with Crippen LogP contribution < -0.4 is 16.4 Å². The van der Waals surface area contributed by atoms with Crippen molar-refractivity contribution in [3.05, 3.63) is 82.9 Å². The Balaban J connectivity index is 1.45. The lowest BCUT2D eigenvalue weighted by molar-refractivity contribution is -0.148. The highest BCUT2D eigenvalue weighted by Crippen LogP contribution is 2.33. The van der Waals surface area contributed by atoms with E-state index < -0.39 is 23.9 Å². The lowest BCUT2D eigenvalue weighted by Gasteiger charge is -2.36. The third-order valence-electron chi connectivity index (χ3n) is 8.55. The predicted octanol–water partition coefficient (Wildman–Crippen LogP) is 3.34. The quantitative estimate of drug-likeness (QED) is 0.364. The Morgan fingerprint density at radius 2 is 1.81 bits per heavy atom. The van der Waals surface area contributed by atoms with Crippen LogP contribution in [0.1, 0.15) is 49.8 Å². The molecule has 9 nitrogen and oxygen atoms in total. The Morgan fingerprint density at radius 1 is 1.05 bits per heavy atom. The second-order valence-electron chi connectivity index (χ2n) is 11.4. The summed E-state index contributed by atoms with van der Waals surface area (Å²) in [6.07, 6.45) is 3.33. The second kappa shape index (κ2) is 13.6. The maximum absolute atomic E-state index is 14.5. The van der Waals surface area contributed by atoms with Gasteiger partial charge in [-0.2, -0.15) is 0 Å². The number of nitrogens with one attached hydrogen (secondary N) is 2. The van der Waals surface area contributed by atoms with Crippen LogP contribution in [0.5, 0.6) is 0 Å². The maximum atomic E-state index is 14.5. The molecule has 0 unspecified atom stereocenters. The number of piperidine rings is 1. The molecule has 10 heteroatoms. The van der Waals surface area contributed by atoms with Gasteiger partial charge in [0.1, 0.15) is 12.1 Å². The van der Waals surface area contributed by atoms with E-state index in [9.17, 15) is 19.2 Å². The lowest BCUT2D eigenvalue weighted by atomic mass is 9.96. The average Bonchev–Trinajstić information content (AvgIpc) is 3.14. The van der Waals surface area contributed by atoms with Crippen molar-refractivity contribution in [3.63, 3.8) is 0 Å². The minimum absolute atomic E-state index is 0.230. The van der Waals surface area contributed by atoms with Crippen molar-refractivity contribution in [1.82, 2.24) is 20.4 Å². The predicted molar refractivity (Wildman–Crippen MR) is 166 cm³/mol. The molecule has 0 aliphatic carbocycles. The van der Waals surface area contributed by atoms with E-state index in [-0.39, 0.29) is 43.4 Å². The van der Waals surface area contributed by atoms with Crippen molar-refractivity contribution in [3.8, 4) is 0 Å². The Kier molecular flexibility index (Phi) is 9.62. The first-order chi connectivity index (χ1) is 20.7. The molecule has 2 aliphatic heterocycles. The number of carbonyl (C=O) groups excluding carboxylic acids is 4. The molecule has 5 rings (SSSR count). The van der Waals surface area contributed by atoms with Crippen molar-refractivity contribution in [1.29, 1.82) is 0 Å². The standard InChI is InChI=1S/C33H38ClN5O4/c1-21-15-17-38(28(31(35)41)19-23-10-6-9-22-8-2-3-13-26(22)23)33(43)30(24-11-7-12-25(34)18-24)39(21)29(40)20-37-32(42)27-14-4-5-16-36-27/h2-3,6-13,18,21,27-28,30,36H,4-5,14-17,19-20H2,1H3,(H2,35,41)(H,37,42)/t21-,27+,28-,30+/m1/s1. The zero-order chi connectivity index (χ0) is 30.5. The summed E-state index contributed by atoms with van der Waals surface area (Å²) in [6.45, 7) is 2.62. The first-order valence-corrected chi connectivity index (χ1v) is 15.3. The lowest BCUT2D eigenvalue weighted by Crippen LogP contribution is -2.54. The Labute approximate surface area is 256 Å². The first kappa shape index (κ1) is 30.5. The molecule has 0 spiro atoms. The van der Waals surface area contributed by atoms with E-state index in [1.54, 1.807) is 24.3 Å². The molecule has 2 saturated heterocycles. The molecule has 3 aromatic carbocycles. The van der Waals surface area contributed by atoms with Gasteiger partial charge in [-0.25, -0.2) is 0 Å². The number of nitrogens with two attached hydrogens (primary N) is 1. The summed E-state index contributed by atoms with van der Waals surface area (Å²) >= 11 is 6.35. The number of primary amides is 1. The number of hydrogen-bond acceptors (Lipinski definition) is 5. The molecule has 4 amide bonds. The highest BCUT2D eigenvalue weighted by Gasteiger charge is 2.43. The maximum Gasteiger partial charge on any atom is 0.250 e. The van der Waals surface area contributed by atoms with E-state index in [0.717, 1.165) is 35.7 Å². The SMILES string of the molecule is C[C@@H]1CCN([C@H](Cc2cccc3ccccc23)C(N)=O)C(=O)[C@H](c2cccc(Cl)c2)N1C(=O)CNC(=O)[C@@H]1CCCCN1. The van der Waals surface area contributed by atoms with Gasteiger partial charge < -0.3 is 26.2 Å². The van der Waals surface area contributed by atoms with Gasteiger partial charge >= 0.3 is 0 Å². The zero-order valence-corrected chi connectivity index (χ0v) is 25.1. The van der Waals surface area contributed by atoms with Crippen LogP contribution in [0.25, 0.3) is 10.8 Å². The largest absolute Gasteiger partial charge is 0.368 e. The number of hydrogen-bond donors (Lipinski definition) is 3. The number of nitrogens with zero attached hydrogens (tertiary/aromatic N) is 2. The van der Waals surface area contributed by atoms with E-state index in [2.05, 4.69) is 10.6 Å². The number of rotatable bonds is 8. The van der Waals surface area contributed by atoms with Crippen LogP contribution in [-0.4, -0.2) is 71.2 Å². The molecule has 4 N–H and O–H groups in total. The topological polar surface area (TPSA) is 125 Å². The number of carbonyl (C=O) groups is 4. The monoisotopic (exact) mass is 603 g/mol. The molecule has 43 heavy (non-hydrogen) atoms. The molecular formula is C33H38ClN5O4. The van der Waals surface area contributed by atoms with Crippen LogP contribution in [0.3, 0.4) is 0 Å². The third kappa shape index (κ3) is 6.84. The van der Waals surface area contributed by atoms with Gasteiger partial charge in [0.2, 0.25) is 17.7 Å². The van der Waals surface area contributed by atoms with Gasteiger partial charge in [-0.15, -0.1) is 0 Å². The molecule has 2 aliphatic rings. The molecule has 0 radical (unpaired) electrons. The highest BCUT2D eigenvalue weighted by atomic mass is 35.5. The Morgan fingerprint density at radius 3 is 2.56 bits per heavy atom. The molecule has 0 saturated carbocycles. The van der Waals surface area contributed by atoms with Gasteiger partial charge in [-0.3, -0.25) is 19.2 Å². The number of halogens is 1. The van der Waals surface area contributed by atoms with Gasteiger partial charge in [-0.05, 0) is 66.8 Å². The minimum Gasteiger partial charge on any atom is -0.368 e. The van der Waals surface area contributed by atoms with E-state index in [1.165, 1.54) is 9.80 Å². The number of fused-ring (bicyclic) bond motifs is 1. The van der Waals surface area contributed by atoms with Gasteiger partial charge in [0.25, 0.3) is 5.91 Å². The molecule has 2 fully saturated rings. The molecule has 0 aromatic heterocycles. The van der Waals surface area contributed by atoms with Gasteiger partial charge in [-0.1, -0.05) is 72.6 Å². The van der Waals surface area contributed by atoms with E-state index in [4.69, 9.17) is 17.3 Å². The van der Waals surface area contributed by atoms with Crippen molar-refractivity contribution < 1.29 is 19.2 Å². The summed E-state index contributed by atoms with van der Waals surface area (Å²) in [5.41, 5.74) is 7.40. The summed E-state index contributed by atoms with van der Waals surface area (Å²) in [6, 6.07) is 17.9. The van der Waals surface area contributed by atoms with Crippen LogP contribution in [0, 0.1) is 0 Å². The van der Waals surface area contributed by atoms with Crippen LogP contribution in [-0.2, 0) is 25.6 Å². The fourth-order valence-electron chi connectivity index (χ4n) is 6.28. The van der Waals surface area contributed by atoms with Crippen molar-refractivity contribution in [2.24, 2.45) is 5.73 Å². The highest BCUT2D eigenvalue weighted by molar-refractivity contribution is 6.30. The molecular weight excluding hydrogens is 566 g/mol. The molecule has 2 heterocycles. The van der Waals surface area contributed by atoms with E-state index >= 15 is 0 Å². The third-order valence-corrected chi connectivity index (χ3v) is 8.78. The van der Waals surface area contributed by atoms with Crippen molar-refractivity contribution >= 4 is 46.0 Å². The molecule has 3 aromatic rings. The summed E-state index contributed by atoms with van der Waals surface area (Å²) in [5.74, 6) is -1.65. The molecule has 4 atom stereocenters. The van der Waals surface area contributed by atoms with Crippen LogP contribution in [0.2, 0.25) is 5.02 Å². The summed E-state index contributed by atoms with van der Waals surface area (Å²) in [7, 11) is 0. The minimum atomic E-state index is -1.05. The zero-order valence-electron chi connectivity index (χ0n) is 24.3. The van der Waals surface area contributed by atoms with Crippen LogP contribution in [0.4, 0.5) is 0 Å². The van der Waals surface area contributed by atoms with Crippen molar-refractivity contribution in [2.45, 2.75) is 63.2 Å². The fraction of sp³-hybridized carbons (Fsp3) is 0.394. The van der Waals surface area contributed by atoms with Crippen molar-refractivity contribution in [2.75, 3.05) is 19.6 Å². The molecule has 0 bridgehead atoms. The molecule has 226 valence electrons. The van der Waals surface area contributed by atoms with E-state index in [0.29, 0.717) is 23.4 Å². The van der Waals surface area contributed by atoms with E-state index in [1.807, 2.05) is 49.4 Å². The average molecular weight is 604 g/mol. The Hall–Kier alpha value is -3.95. The smallest absolute Gasteiger partial charge is 0.250 e. The van der Waals surface area contributed by atoms with Crippen LogP contribution >= 0.6 is 11.6 Å². The second-order valence-corrected chi connectivity index (χ2v) is 11.8. The number of amides is 4. The normalized spacial score (nSPS) is 21.7. The summed E-state index contributed by atoms with van der Waals surface area (Å²) in [4.78, 5) is 57.1. The first-order valence-electron chi connectivity index (χ1n) is 14.9. The summed E-state index contributed by atoms with van der Waals surface area (Å²) in [5, 5.41) is 8.39. The van der Waals surface area contributed by atoms with Gasteiger partial charge in [0.05, 0.1) is 12.6 Å². The Bertz CT molecular complexity index is 1500. The summed E-state index contributed by atoms with van der Waals surface area (Å²) < 4.78 is 0. The van der Waals surface area contributed by atoms with Gasteiger partial charge in [0, 0.05) is 24.0 Å². The van der Waals surface area contributed by atoms with Gasteiger partial charge in [0.15, 0.2) is 0 Å².